The van der Waals surface area contributed by atoms with E-state index in [1.807, 2.05) is 24.3 Å². The first-order valence-electron chi connectivity index (χ1n) is 7.69. The molecule has 2 heterocycles. The van der Waals surface area contributed by atoms with Crippen LogP contribution in [0.2, 0.25) is 0 Å². The maximum atomic E-state index is 12.9. The SMILES string of the molecule is O=C(OCc1noc(-c2ccc(F)cc2)n1)C1Cc2ccccc2S1. The van der Waals surface area contributed by atoms with Gasteiger partial charge in [-0.25, -0.2) is 4.39 Å². The lowest BCUT2D eigenvalue weighted by molar-refractivity contribution is -0.144. The van der Waals surface area contributed by atoms with Crippen LogP contribution in [0.3, 0.4) is 0 Å². The predicted molar refractivity (Wildman–Crippen MR) is 89.3 cm³/mol. The number of hydrogen-bond donors (Lipinski definition) is 0. The van der Waals surface area contributed by atoms with Gasteiger partial charge in [-0.1, -0.05) is 23.4 Å². The molecule has 0 N–H and O–H groups in total. The Balaban J connectivity index is 1.36. The van der Waals surface area contributed by atoms with Crippen LogP contribution in [0.15, 0.2) is 57.9 Å². The number of aromatic nitrogens is 2. The van der Waals surface area contributed by atoms with E-state index in [1.54, 1.807) is 12.1 Å². The van der Waals surface area contributed by atoms with Gasteiger partial charge in [0.2, 0.25) is 5.82 Å². The molecule has 0 saturated carbocycles. The second-order valence-electron chi connectivity index (χ2n) is 5.55. The summed E-state index contributed by atoms with van der Waals surface area (Å²) in [6.45, 7) is -0.0586. The standard InChI is InChI=1S/C18H13FN2O3S/c19-13-7-5-11(6-8-13)17-20-16(21-24-17)10-23-18(22)15-9-12-3-1-2-4-14(12)25-15/h1-8,15H,9-10H2. The third-order valence-corrected chi connectivity index (χ3v) is 5.11. The largest absolute Gasteiger partial charge is 0.456 e. The number of carbonyl (C=O) groups is 1. The minimum atomic E-state index is -0.340. The molecular formula is C18H13FN2O3S. The minimum Gasteiger partial charge on any atom is -0.456 e. The first-order chi connectivity index (χ1) is 12.2. The Labute approximate surface area is 147 Å². The number of hydrogen-bond acceptors (Lipinski definition) is 6. The number of carbonyl (C=O) groups excluding carboxylic acids is 1. The van der Waals surface area contributed by atoms with Gasteiger partial charge < -0.3 is 9.26 Å². The summed E-state index contributed by atoms with van der Waals surface area (Å²) >= 11 is 1.51. The molecule has 4 rings (SSSR count). The molecule has 1 aromatic heterocycles. The maximum absolute atomic E-state index is 12.9. The van der Waals surface area contributed by atoms with E-state index in [-0.39, 0.29) is 35.4 Å². The fraction of sp³-hybridized carbons (Fsp3) is 0.167. The van der Waals surface area contributed by atoms with Crippen LogP contribution in [0.1, 0.15) is 11.4 Å². The van der Waals surface area contributed by atoms with E-state index in [0.717, 1.165) is 10.5 Å². The number of nitrogens with zero attached hydrogens (tertiary/aromatic N) is 2. The van der Waals surface area contributed by atoms with Crippen LogP contribution in [0.5, 0.6) is 0 Å². The van der Waals surface area contributed by atoms with Crippen molar-refractivity contribution >= 4 is 17.7 Å². The highest BCUT2D eigenvalue weighted by Crippen LogP contribution is 2.37. The van der Waals surface area contributed by atoms with Crippen LogP contribution in [0, 0.1) is 5.82 Å². The van der Waals surface area contributed by atoms with Crippen LogP contribution >= 0.6 is 11.8 Å². The molecule has 0 aliphatic carbocycles. The van der Waals surface area contributed by atoms with Gasteiger partial charge in [-0.2, -0.15) is 4.98 Å². The Morgan fingerprint density at radius 2 is 2.04 bits per heavy atom. The Morgan fingerprint density at radius 3 is 2.84 bits per heavy atom. The molecule has 0 saturated heterocycles. The quantitative estimate of drug-likeness (QED) is 0.665. The summed E-state index contributed by atoms with van der Waals surface area (Å²) in [6, 6.07) is 13.7. The van der Waals surface area contributed by atoms with Gasteiger partial charge in [-0.3, -0.25) is 4.79 Å². The molecule has 0 bridgehead atoms. The number of fused-ring (bicyclic) bond motifs is 1. The lowest BCUT2D eigenvalue weighted by Gasteiger charge is -2.07. The highest BCUT2D eigenvalue weighted by molar-refractivity contribution is 8.01. The van der Waals surface area contributed by atoms with Crippen molar-refractivity contribution in [1.29, 1.82) is 0 Å². The fourth-order valence-electron chi connectivity index (χ4n) is 2.56. The number of ether oxygens (including phenoxy) is 1. The lowest BCUT2D eigenvalue weighted by Crippen LogP contribution is -2.19. The molecule has 7 heteroatoms. The van der Waals surface area contributed by atoms with Crippen LogP contribution in [-0.2, 0) is 22.6 Å². The van der Waals surface area contributed by atoms with Crippen LogP contribution in [0.4, 0.5) is 4.39 Å². The van der Waals surface area contributed by atoms with Gasteiger partial charge in [0.1, 0.15) is 11.1 Å². The van der Waals surface area contributed by atoms with Crippen LogP contribution < -0.4 is 0 Å². The first-order valence-corrected chi connectivity index (χ1v) is 8.57. The number of benzene rings is 2. The second kappa shape index (κ2) is 6.68. The molecule has 126 valence electrons. The zero-order valence-electron chi connectivity index (χ0n) is 13.0. The van der Waals surface area contributed by atoms with E-state index in [2.05, 4.69) is 10.1 Å². The third kappa shape index (κ3) is 3.41. The Hall–Kier alpha value is -2.67. The zero-order valence-corrected chi connectivity index (χ0v) is 13.8. The normalized spacial score (nSPS) is 15.8. The lowest BCUT2D eigenvalue weighted by atomic mass is 10.1. The van der Waals surface area contributed by atoms with E-state index < -0.39 is 0 Å². The van der Waals surface area contributed by atoms with Gasteiger partial charge in [0.05, 0.1) is 0 Å². The van der Waals surface area contributed by atoms with Gasteiger partial charge in [0.15, 0.2) is 6.61 Å². The summed E-state index contributed by atoms with van der Waals surface area (Å²) in [5.41, 5.74) is 1.76. The Bertz CT molecular complexity index is 886. The van der Waals surface area contributed by atoms with Crippen molar-refractivity contribution < 1.29 is 18.4 Å². The topological polar surface area (TPSA) is 65.2 Å². The molecule has 0 radical (unpaired) electrons. The van der Waals surface area contributed by atoms with E-state index in [4.69, 9.17) is 9.26 Å². The molecular weight excluding hydrogens is 343 g/mol. The maximum Gasteiger partial charge on any atom is 0.320 e. The van der Waals surface area contributed by atoms with Gasteiger partial charge in [-0.05, 0) is 42.3 Å². The smallest absolute Gasteiger partial charge is 0.320 e. The summed E-state index contributed by atoms with van der Waals surface area (Å²) in [6.07, 6.45) is 0.659. The summed E-state index contributed by atoms with van der Waals surface area (Å²) in [5.74, 6) is -0.108. The first kappa shape index (κ1) is 15.8. The Kier molecular flexibility index (Phi) is 4.23. The molecule has 3 aromatic rings. The Morgan fingerprint density at radius 1 is 1.24 bits per heavy atom. The van der Waals surface area contributed by atoms with Crippen molar-refractivity contribution in [2.75, 3.05) is 0 Å². The molecule has 0 fully saturated rings. The van der Waals surface area contributed by atoms with E-state index in [1.165, 1.54) is 23.9 Å². The average molecular weight is 356 g/mol. The molecule has 1 atom stereocenters. The molecule has 25 heavy (non-hydrogen) atoms. The third-order valence-electron chi connectivity index (χ3n) is 3.81. The summed E-state index contributed by atoms with van der Waals surface area (Å²) in [5, 5.41) is 3.54. The van der Waals surface area contributed by atoms with Crippen molar-refractivity contribution in [2.24, 2.45) is 0 Å². The molecule has 1 unspecified atom stereocenters. The van der Waals surface area contributed by atoms with Gasteiger partial charge in [-0.15, -0.1) is 11.8 Å². The molecule has 0 amide bonds. The number of rotatable bonds is 4. The van der Waals surface area contributed by atoms with Crippen molar-refractivity contribution in [1.82, 2.24) is 10.1 Å². The van der Waals surface area contributed by atoms with E-state index in [0.29, 0.717) is 12.0 Å². The van der Waals surface area contributed by atoms with Crippen LogP contribution in [0.25, 0.3) is 11.5 Å². The number of thioether (sulfide) groups is 1. The molecule has 1 aliphatic heterocycles. The van der Waals surface area contributed by atoms with Crippen molar-refractivity contribution in [3.05, 3.63) is 65.7 Å². The van der Waals surface area contributed by atoms with Gasteiger partial charge in [0, 0.05) is 10.5 Å². The number of esters is 1. The number of halogens is 1. The van der Waals surface area contributed by atoms with Crippen molar-refractivity contribution in [3.63, 3.8) is 0 Å². The molecule has 5 nitrogen and oxygen atoms in total. The summed E-state index contributed by atoms with van der Waals surface area (Å²) in [4.78, 5) is 17.5. The highest BCUT2D eigenvalue weighted by Gasteiger charge is 2.29. The monoisotopic (exact) mass is 356 g/mol. The molecule has 1 aliphatic rings. The summed E-state index contributed by atoms with van der Waals surface area (Å²) in [7, 11) is 0. The molecule has 2 aromatic carbocycles. The summed E-state index contributed by atoms with van der Waals surface area (Å²) < 4.78 is 23.4. The fourth-order valence-corrected chi connectivity index (χ4v) is 3.76. The van der Waals surface area contributed by atoms with Crippen LogP contribution in [-0.4, -0.2) is 21.4 Å². The van der Waals surface area contributed by atoms with E-state index in [9.17, 15) is 9.18 Å². The average Bonchev–Trinajstić information content (AvgIpc) is 3.27. The van der Waals surface area contributed by atoms with Crippen molar-refractivity contribution in [2.45, 2.75) is 23.2 Å². The van der Waals surface area contributed by atoms with Gasteiger partial charge in [0.25, 0.3) is 5.89 Å². The van der Waals surface area contributed by atoms with Gasteiger partial charge >= 0.3 is 5.97 Å². The van der Waals surface area contributed by atoms with Crippen molar-refractivity contribution in [3.8, 4) is 11.5 Å². The minimum absolute atomic E-state index is 0.0586. The zero-order chi connectivity index (χ0) is 17.2. The molecule has 0 spiro atoms. The second-order valence-corrected chi connectivity index (χ2v) is 6.79. The van der Waals surface area contributed by atoms with E-state index >= 15 is 0 Å². The predicted octanol–water partition coefficient (Wildman–Crippen LogP) is 3.64. The highest BCUT2D eigenvalue weighted by atomic mass is 32.2.